The number of rotatable bonds is 32. The van der Waals surface area contributed by atoms with Crippen LogP contribution in [0.4, 0.5) is 0 Å². The maximum absolute atomic E-state index is 12.6. The van der Waals surface area contributed by atoms with E-state index in [0.717, 1.165) is 64.2 Å². The Kier molecular flexibility index (Phi) is 31.9. The third-order valence-electron chi connectivity index (χ3n) is 7.73. The Morgan fingerprint density at radius 2 is 0.981 bits per heavy atom. The molecule has 0 aliphatic heterocycles. The Hall–Kier alpha value is -3.75. The van der Waals surface area contributed by atoms with Gasteiger partial charge in [-0.3, -0.25) is 9.59 Å². The van der Waals surface area contributed by atoms with Crippen LogP contribution in [0.5, 0.6) is 0 Å². The van der Waals surface area contributed by atoms with Crippen LogP contribution < -0.4 is 0 Å². The highest BCUT2D eigenvalue weighted by Crippen LogP contribution is 2.10. The van der Waals surface area contributed by atoms with Gasteiger partial charge in [-0.1, -0.05) is 111 Å². The third-order valence-corrected chi connectivity index (χ3v) is 7.73. The van der Waals surface area contributed by atoms with E-state index < -0.39 is 18.1 Å². The average Bonchev–Trinajstić information content (AvgIpc) is 3.09. The van der Waals surface area contributed by atoms with Gasteiger partial charge >= 0.3 is 17.9 Å². The minimum atomic E-state index is -0.897. The molecule has 8 nitrogen and oxygen atoms in total. The number of aliphatic carboxylic acids is 1. The molecule has 0 aliphatic carbocycles. The van der Waals surface area contributed by atoms with Crippen molar-refractivity contribution in [3.8, 4) is 0 Å². The van der Waals surface area contributed by atoms with Crippen molar-refractivity contribution in [2.24, 2.45) is 0 Å². The van der Waals surface area contributed by atoms with Crippen molar-refractivity contribution in [3.63, 3.8) is 0 Å². The first kappa shape index (κ1) is 48.2. The highest BCUT2D eigenvalue weighted by atomic mass is 16.6. The van der Waals surface area contributed by atoms with Gasteiger partial charge in [-0.05, 0) is 77.0 Å². The van der Waals surface area contributed by atoms with Crippen molar-refractivity contribution >= 4 is 17.9 Å². The second kappa shape index (κ2) is 34.3. The fraction of sp³-hybridized carbons (Fsp3) is 0.568. The second-order valence-electron chi connectivity index (χ2n) is 13.4. The number of quaternary nitrogens is 1. The summed E-state index contributed by atoms with van der Waals surface area (Å²) in [6.45, 7) is 4.34. The molecule has 0 aliphatic rings. The summed E-state index contributed by atoms with van der Waals surface area (Å²) in [5.74, 6) is -1.63. The van der Waals surface area contributed by atoms with Crippen LogP contribution in [0.25, 0.3) is 0 Å². The van der Waals surface area contributed by atoms with Gasteiger partial charge in [0.15, 0.2) is 12.1 Å². The first-order chi connectivity index (χ1) is 25.1. The number of nitrogens with zero attached hydrogens (tertiary/aromatic N) is 1. The van der Waals surface area contributed by atoms with E-state index in [1.165, 1.54) is 0 Å². The van der Waals surface area contributed by atoms with Crippen molar-refractivity contribution in [3.05, 3.63) is 97.2 Å². The van der Waals surface area contributed by atoms with Crippen molar-refractivity contribution in [1.29, 1.82) is 0 Å². The molecule has 2 atom stereocenters. The monoisotopic (exact) mass is 725 g/mol. The zero-order chi connectivity index (χ0) is 38.5. The average molecular weight is 725 g/mol. The van der Waals surface area contributed by atoms with Gasteiger partial charge in [0.2, 0.25) is 0 Å². The number of esters is 2. The summed E-state index contributed by atoms with van der Waals surface area (Å²) in [5, 5.41) is 9.58. The smallest absolute Gasteiger partial charge is 0.362 e. The number of allylic oxidation sites excluding steroid dienone is 16. The lowest BCUT2D eigenvalue weighted by Crippen LogP contribution is -2.50. The summed E-state index contributed by atoms with van der Waals surface area (Å²) in [5.41, 5.74) is 0. The van der Waals surface area contributed by atoms with E-state index in [-0.39, 0.29) is 49.1 Å². The first-order valence-electron chi connectivity index (χ1n) is 19.3. The molecule has 0 fully saturated rings. The van der Waals surface area contributed by atoms with Gasteiger partial charge in [-0.15, -0.1) is 0 Å². The van der Waals surface area contributed by atoms with E-state index in [4.69, 9.17) is 14.2 Å². The standard InChI is InChI=1S/C44H69NO7/c1-6-8-10-12-14-16-18-19-20-21-22-23-25-27-29-31-33-35-43(47)52-40(38-50-37-36-41(44(48)49)45(3,4)5)39-51-42(46)34-32-30-28-26-24-17-15-13-11-9-7-2/h8-11,14-17,19-20,22-23,26-29,40-41H,6-7,12-13,18,21,24-25,30-39H2,1-5H3/p+1/b10-8+,11-9+,16-14+,17-15+,20-19+,23-22+,28-26+,29-27+. The number of carboxylic acid groups (broad SMARTS) is 1. The summed E-state index contributed by atoms with van der Waals surface area (Å²) >= 11 is 0. The Morgan fingerprint density at radius 3 is 1.38 bits per heavy atom. The van der Waals surface area contributed by atoms with Crippen LogP contribution >= 0.6 is 0 Å². The maximum Gasteiger partial charge on any atom is 0.362 e. The Morgan fingerprint density at radius 1 is 0.577 bits per heavy atom. The molecule has 0 amide bonds. The summed E-state index contributed by atoms with van der Waals surface area (Å²) in [7, 11) is 5.47. The Labute approximate surface area is 316 Å². The van der Waals surface area contributed by atoms with Gasteiger partial charge in [0, 0.05) is 19.3 Å². The van der Waals surface area contributed by atoms with Gasteiger partial charge in [0.1, 0.15) is 6.61 Å². The molecule has 0 aromatic heterocycles. The van der Waals surface area contributed by atoms with Crippen LogP contribution in [0.2, 0.25) is 0 Å². The van der Waals surface area contributed by atoms with Gasteiger partial charge < -0.3 is 23.8 Å². The highest BCUT2D eigenvalue weighted by Gasteiger charge is 2.31. The van der Waals surface area contributed by atoms with Crippen LogP contribution in [-0.2, 0) is 28.6 Å². The minimum absolute atomic E-state index is 0.0156. The van der Waals surface area contributed by atoms with Crippen LogP contribution in [0.3, 0.4) is 0 Å². The zero-order valence-corrected chi connectivity index (χ0v) is 33.0. The predicted molar refractivity (Wildman–Crippen MR) is 215 cm³/mol. The molecule has 0 rings (SSSR count). The molecule has 52 heavy (non-hydrogen) atoms. The van der Waals surface area contributed by atoms with Gasteiger partial charge in [-0.25, -0.2) is 4.79 Å². The fourth-order valence-electron chi connectivity index (χ4n) is 4.79. The quantitative estimate of drug-likeness (QED) is 0.0319. The molecular weight excluding hydrogens is 654 g/mol. The van der Waals surface area contributed by atoms with Crippen molar-refractivity contribution in [1.82, 2.24) is 0 Å². The maximum atomic E-state index is 12.6. The van der Waals surface area contributed by atoms with Crippen molar-refractivity contribution < 1.29 is 38.2 Å². The predicted octanol–water partition coefficient (Wildman–Crippen LogP) is 9.96. The molecule has 0 bridgehead atoms. The molecule has 8 heteroatoms. The first-order valence-corrected chi connectivity index (χ1v) is 19.3. The van der Waals surface area contributed by atoms with Crippen LogP contribution in [-0.4, -0.2) is 80.6 Å². The molecule has 292 valence electrons. The number of carbonyl (C=O) groups is 3. The van der Waals surface area contributed by atoms with E-state index in [9.17, 15) is 19.5 Å². The third kappa shape index (κ3) is 32.2. The number of ether oxygens (including phenoxy) is 3. The lowest BCUT2D eigenvalue weighted by molar-refractivity contribution is -0.887. The van der Waals surface area contributed by atoms with Gasteiger partial charge in [0.25, 0.3) is 0 Å². The summed E-state index contributed by atoms with van der Waals surface area (Å²) in [4.78, 5) is 36.7. The lowest BCUT2D eigenvalue weighted by Gasteiger charge is -2.31. The second-order valence-corrected chi connectivity index (χ2v) is 13.4. The molecule has 0 saturated heterocycles. The van der Waals surface area contributed by atoms with Gasteiger partial charge in [-0.2, -0.15) is 0 Å². The Balaban J connectivity index is 4.61. The normalized spacial score (nSPS) is 14.1. The van der Waals surface area contributed by atoms with E-state index in [0.29, 0.717) is 19.3 Å². The van der Waals surface area contributed by atoms with Crippen molar-refractivity contribution in [2.75, 3.05) is 41.0 Å². The SMILES string of the molecule is CC/C=C/C/C=C/C/C=C/C/C=C/C/C=C/CCCC(=O)OC(COCCC(C(=O)O)[N+](C)(C)C)COC(=O)CCC/C=C/C/C=C/C/C=C/CC. The fourth-order valence-corrected chi connectivity index (χ4v) is 4.79. The number of hydrogen-bond acceptors (Lipinski definition) is 6. The van der Waals surface area contributed by atoms with Crippen LogP contribution in [0, 0.1) is 0 Å². The van der Waals surface area contributed by atoms with E-state index in [1.807, 2.05) is 21.1 Å². The highest BCUT2D eigenvalue weighted by molar-refractivity contribution is 5.72. The number of carboxylic acids is 1. The molecular formula is C44H70NO7+. The summed E-state index contributed by atoms with van der Waals surface area (Å²) in [6.07, 6.45) is 44.7. The Bertz CT molecular complexity index is 1170. The molecule has 2 unspecified atom stereocenters. The molecule has 0 heterocycles. The zero-order valence-electron chi connectivity index (χ0n) is 33.0. The summed E-state index contributed by atoms with van der Waals surface area (Å²) in [6, 6.07) is -0.636. The minimum Gasteiger partial charge on any atom is -0.477 e. The molecule has 0 radical (unpaired) electrons. The number of likely N-dealkylation sites (N-methyl/N-ethyl adjacent to an activating group) is 1. The largest absolute Gasteiger partial charge is 0.477 e. The van der Waals surface area contributed by atoms with Gasteiger partial charge in [0.05, 0.1) is 34.4 Å². The van der Waals surface area contributed by atoms with Crippen LogP contribution in [0.15, 0.2) is 97.2 Å². The topological polar surface area (TPSA) is 99.1 Å². The number of carbonyl (C=O) groups excluding carboxylic acids is 2. The molecule has 0 aromatic rings. The molecule has 0 aromatic carbocycles. The van der Waals surface area contributed by atoms with Crippen molar-refractivity contribution in [2.45, 2.75) is 122 Å². The van der Waals surface area contributed by atoms with Crippen LogP contribution in [0.1, 0.15) is 110 Å². The molecule has 1 N–H and O–H groups in total. The number of unbranched alkanes of at least 4 members (excludes halogenated alkanes) is 2. The number of hydrogen-bond donors (Lipinski definition) is 1. The lowest BCUT2D eigenvalue weighted by atomic mass is 10.1. The van der Waals surface area contributed by atoms with E-state index in [1.54, 1.807) is 0 Å². The van der Waals surface area contributed by atoms with E-state index >= 15 is 0 Å². The molecule has 0 spiro atoms. The molecule has 0 saturated carbocycles. The van der Waals surface area contributed by atoms with E-state index in [2.05, 4.69) is 111 Å². The summed E-state index contributed by atoms with van der Waals surface area (Å²) < 4.78 is 17.1.